The molecule has 2 aromatic rings. The predicted molar refractivity (Wildman–Crippen MR) is 80.9 cm³/mol. The molecule has 0 aliphatic carbocycles. The van der Waals surface area contributed by atoms with Gasteiger partial charge in [0.05, 0.1) is 25.7 Å². The number of amides is 1. The average molecular weight is 303 g/mol. The standard InChI is InChI=1S/C17H18FNO3/c18-14-8-4-5-9-16(14)22-11-10-17(21)19-15(12-20)13-6-2-1-3-7-13/h1-9,15,20H,10-12H2,(H,19,21). The van der Waals surface area contributed by atoms with E-state index in [0.717, 1.165) is 5.56 Å². The third kappa shape index (κ3) is 4.56. The van der Waals surface area contributed by atoms with Crippen molar-refractivity contribution in [3.05, 3.63) is 66.0 Å². The molecule has 22 heavy (non-hydrogen) atoms. The molecule has 0 spiro atoms. The first-order valence-electron chi connectivity index (χ1n) is 7.03. The second-order valence-corrected chi connectivity index (χ2v) is 4.74. The summed E-state index contributed by atoms with van der Waals surface area (Å²) < 4.78 is 18.6. The zero-order valence-electron chi connectivity index (χ0n) is 12.0. The van der Waals surface area contributed by atoms with Gasteiger partial charge in [-0.3, -0.25) is 4.79 Å². The zero-order chi connectivity index (χ0) is 15.8. The minimum atomic E-state index is -0.458. The molecule has 0 aromatic heterocycles. The van der Waals surface area contributed by atoms with E-state index in [1.807, 2.05) is 30.3 Å². The third-order valence-electron chi connectivity index (χ3n) is 3.14. The number of para-hydroxylation sites is 1. The molecule has 4 nitrogen and oxygen atoms in total. The second-order valence-electron chi connectivity index (χ2n) is 4.74. The molecule has 0 heterocycles. The van der Waals surface area contributed by atoms with Gasteiger partial charge in [-0.1, -0.05) is 42.5 Å². The number of carbonyl (C=O) groups excluding carboxylic acids is 1. The molecule has 0 saturated carbocycles. The van der Waals surface area contributed by atoms with Crippen molar-refractivity contribution in [1.82, 2.24) is 5.32 Å². The Hall–Kier alpha value is -2.40. The summed E-state index contributed by atoms with van der Waals surface area (Å²) in [6.07, 6.45) is 0.0810. The smallest absolute Gasteiger partial charge is 0.223 e. The number of ether oxygens (including phenoxy) is 1. The van der Waals surface area contributed by atoms with E-state index < -0.39 is 11.9 Å². The van der Waals surface area contributed by atoms with Crippen molar-refractivity contribution in [1.29, 1.82) is 0 Å². The van der Waals surface area contributed by atoms with Crippen LogP contribution < -0.4 is 10.1 Å². The molecule has 2 aromatic carbocycles. The van der Waals surface area contributed by atoms with Crippen molar-refractivity contribution < 1.29 is 19.0 Å². The first-order chi connectivity index (χ1) is 10.7. The largest absolute Gasteiger partial charge is 0.490 e. The fraction of sp³-hybridized carbons (Fsp3) is 0.235. The van der Waals surface area contributed by atoms with E-state index in [-0.39, 0.29) is 31.3 Å². The van der Waals surface area contributed by atoms with Crippen molar-refractivity contribution in [3.8, 4) is 5.75 Å². The molecule has 1 unspecified atom stereocenters. The van der Waals surface area contributed by atoms with E-state index in [2.05, 4.69) is 5.32 Å². The Labute approximate surface area is 128 Å². The zero-order valence-corrected chi connectivity index (χ0v) is 12.0. The molecule has 0 saturated heterocycles. The highest BCUT2D eigenvalue weighted by molar-refractivity contribution is 5.76. The minimum absolute atomic E-state index is 0.0692. The molecule has 116 valence electrons. The molecule has 1 atom stereocenters. The molecule has 0 radical (unpaired) electrons. The number of aliphatic hydroxyl groups excluding tert-OH is 1. The number of nitrogens with one attached hydrogen (secondary N) is 1. The van der Waals surface area contributed by atoms with E-state index in [0.29, 0.717) is 0 Å². The highest BCUT2D eigenvalue weighted by Crippen LogP contribution is 2.15. The maximum absolute atomic E-state index is 13.3. The monoisotopic (exact) mass is 303 g/mol. The molecule has 0 aliphatic rings. The summed E-state index contributed by atoms with van der Waals surface area (Å²) in [6, 6.07) is 14.8. The minimum Gasteiger partial charge on any atom is -0.490 e. The summed E-state index contributed by atoms with van der Waals surface area (Å²) >= 11 is 0. The van der Waals surface area contributed by atoms with Crippen LogP contribution in [0.15, 0.2) is 54.6 Å². The Balaban J connectivity index is 1.81. The molecular formula is C17H18FNO3. The Morgan fingerprint density at radius 3 is 2.50 bits per heavy atom. The van der Waals surface area contributed by atoms with Crippen LogP contribution in [0.2, 0.25) is 0 Å². The van der Waals surface area contributed by atoms with E-state index in [1.54, 1.807) is 12.1 Å². The summed E-state index contributed by atoms with van der Waals surface area (Å²) in [5.74, 6) is -0.600. The lowest BCUT2D eigenvalue weighted by Crippen LogP contribution is -2.31. The molecular weight excluding hydrogens is 285 g/mol. The molecule has 0 bridgehead atoms. The van der Waals surface area contributed by atoms with E-state index in [1.165, 1.54) is 12.1 Å². The van der Waals surface area contributed by atoms with Gasteiger partial charge in [-0.25, -0.2) is 4.39 Å². The highest BCUT2D eigenvalue weighted by Gasteiger charge is 2.13. The average Bonchev–Trinajstić information content (AvgIpc) is 2.55. The van der Waals surface area contributed by atoms with Crippen LogP contribution in [0.5, 0.6) is 5.75 Å². The van der Waals surface area contributed by atoms with Gasteiger partial charge in [-0.05, 0) is 17.7 Å². The number of hydrogen-bond acceptors (Lipinski definition) is 3. The number of rotatable bonds is 7. The first-order valence-corrected chi connectivity index (χ1v) is 7.03. The van der Waals surface area contributed by atoms with Gasteiger partial charge in [0.2, 0.25) is 5.91 Å². The highest BCUT2D eigenvalue weighted by atomic mass is 19.1. The van der Waals surface area contributed by atoms with Gasteiger partial charge in [0.1, 0.15) is 0 Å². The van der Waals surface area contributed by atoms with Crippen LogP contribution in [0.1, 0.15) is 18.0 Å². The number of benzene rings is 2. The molecule has 0 fully saturated rings. The van der Waals surface area contributed by atoms with Gasteiger partial charge >= 0.3 is 0 Å². The van der Waals surface area contributed by atoms with Crippen molar-refractivity contribution in [3.63, 3.8) is 0 Å². The lowest BCUT2D eigenvalue weighted by atomic mass is 10.1. The van der Waals surface area contributed by atoms with Crippen LogP contribution in [0.3, 0.4) is 0 Å². The van der Waals surface area contributed by atoms with Crippen LogP contribution in [0, 0.1) is 5.82 Å². The molecule has 0 aliphatic heterocycles. The van der Waals surface area contributed by atoms with E-state index >= 15 is 0 Å². The van der Waals surface area contributed by atoms with Crippen LogP contribution in [0.25, 0.3) is 0 Å². The summed E-state index contributed by atoms with van der Waals surface area (Å²) in [5, 5.41) is 12.1. The van der Waals surface area contributed by atoms with Gasteiger partial charge in [0.25, 0.3) is 0 Å². The SMILES string of the molecule is O=C(CCOc1ccccc1F)NC(CO)c1ccccc1. The number of hydrogen-bond donors (Lipinski definition) is 2. The van der Waals surface area contributed by atoms with Gasteiger partial charge < -0.3 is 15.2 Å². The van der Waals surface area contributed by atoms with Gasteiger partial charge in [-0.2, -0.15) is 0 Å². The van der Waals surface area contributed by atoms with E-state index in [9.17, 15) is 14.3 Å². The lowest BCUT2D eigenvalue weighted by molar-refractivity contribution is -0.122. The Bertz CT molecular complexity index is 604. The Kier molecular flexibility index (Phi) is 5.91. The fourth-order valence-corrected chi connectivity index (χ4v) is 2.00. The summed E-state index contributed by atoms with van der Waals surface area (Å²) in [4.78, 5) is 11.9. The van der Waals surface area contributed by atoms with Crippen LogP contribution >= 0.6 is 0 Å². The quantitative estimate of drug-likeness (QED) is 0.826. The van der Waals surface area contributed by atoms with Crippen molar-refractivity contribution in [2.24, 2.45) is 0 Å². The first kappa shape index (κ1) is 16.0. The fourth-order valence-electron chi connectivity index (χ4n) is 2.00. The van der Waals surface area contributed by atoms with Crippen molar-refractivity contribution in [2.45, 2.75) is 12.5 Å². The van der Waals surface area contributed by atoms with Crippen LogP contribution in [-0.2, 0) is 4.79 Å². The van der Waals surface area contributed by atoms with Crippen molar-refractivity contribution >= 4 is 5.91 Å². The Morgan fingerprint density at radius 1 is 1.14 bits per heavy atom. The second kappa shape index (κ2) is 8.14. The predicted octanol–water partition coefficient (Wildman–Crippen LogP) is 2.44. The summed E-state index contributed by atoms with van der Waals surface area (Å²) in [7, 11) is 0. The van der Waals surface area contributed by atoms with Crippen molar-refractivity contribution in [2.75, 3.05) is 13.2 Å². The topological polar surface area (TPSA) is 58.6 Å². The van der Waals surface area contributed by atoms with Crippen LogP contribution in [-0.4, -0.2) is 24.2 Å². The van der Waals surface area contributed by atoms with Gasteiger partial charge in [0, 0.05) is 0 Å². The molecule has 1 amide bonds. The number of halogens is 1. The van der Waals surface area contributed by atoms with Gasteiger partial charge in [-0.15, -0.1) is 0 Å². The number of carbonyl (C=O) groups is 1. The molecule has 2 N–H and O–H groups in total. The van der Waals surface area contributed by atoms with Gasteiger partial charge in [0.15, 0.2) is 11.6 Å². The third-order valence-corrected chi connectivity index (χ3v) is 3.14. The maximum Gasteiger partial charge on any atom is 0.223 e. The normalized spacial score (nSPS) is 11.7. The van der Waals surface area contributed by atoms with E-state index in [4.69, 9.17) is 4.74 Å². The lowest BCUT2D eigenvalue weighted by Gasteiger charge is -2.16. The summed E-state index contributed by atoms with van der Waals surface area (Å²) in [6.45, 7) is -0.121. The number of aliphatic hydroxyl groups is 1. The Morgan fingerprint density at radius 2 is 1.82 bits per heavy atom. The summed E-state index contributed by atoms with van der Waals surface area (Å²) in [5.41, 5.74) is 0.827. The molecule has 2 rings (SSSR count). The molecule has 5 heteroatoms. The maximum atomic E-state index is 13.3. The van der Waals surface area contributed by atoms with Crippen LogP contribution in [0.4, 0.5) is 4.39 Å².